The van der Waals surface area contributed by atoms with E-state index in [4.69, 9.17) is 9.72 Å². The van der Waals surface area contributed by atoms with Gasteiger partial charge < -0.3 is 14.5 Å². The second-order valence-corrected chi connectivity index (χ2v) is 10.3. The van der Waals surface area contributed by atoms with E-state index in [1.54, 1.807) is 22.1 Å². The molecule has 0 radical (unpaired) electrons. The molecule has 13 nitrogen and oxygen atoms in total. The molecule has 1 saturated heterocycles. The molecule has 42 heavy (non-hydrogen) atoms. The molecule has 6 heterocycles. The Morgan fingerprint density at radius 3 is 2.90 bits per heavy atom. The molecule has 2 aliphatic rings. The lowest BCUT2D eigenvalue weighted by Gasteiger charge is -2.41. The Morgan fingerprint density at radius 1 is 1.31 bits per heavy atom. The third-order valence-corrected chi connectivity index (χ3v) is 7.48. The molecule has 2 aliphatic heterocycles. The van der Waals surface area contributed by atoms with Crippen LogP contribution in [-0.4, -0.2) is 77.6 Å². The van der Waals surface area contributed by atoms with Crippen molar-refractivity contribution in [3.8, 4) is 28.9 Å². The van der Waals surface area contributed by atoms with Crippen molar-refractivity contribution in [2.24, 2.45) is 0 Å². The average Bonchev–Trinajstić information content (AvgIpc) is 3.44. The maximum atomic E-state index is 15.9. The van der Waals surface area contributed by atoms with Crippen molar-refractivity contribution < 1.29 is 13.9 Å². The first-order valence-corrected chi connectivity index (χ1v) is 13.5. The smallest absolute Gasteiger partial charge is 0.356 e. The zero-order valence-electron chi connectivity index (χ0n) is 23.1. The van der Waals surface area contributed by atoms with Crippen LogP contribution in [0.4, 0.5) is 10.2 Å². The van der Waals surface area contributed by atoms with E-state index in [0.717, 1.165) is 0 Å². The summed E-state index contributed by atoms with van der Waals surface area (Å²) in [7, 11) is 0. The predicted molar refractivity (Wildman–Crippen MR) is 150 cm³/mol. The summed E-state index contributed by atoms with van der Waals surface area (Å²) >= 11 is 0. The van der Waals surface area contributed by atoms with Gasteiger partial charge >= 0.3 is 5.69 Å². The van der Waals surface area contributed by atoms with Crippen molar-refractivity contribution in [3.63, 3.8) is 0 Å². The molecule has 1 amide bonds. The van der Waals surface area contributed by atoms with E-state index in [-0.39, 0.29) is 67.0 Å². The summed E-state index contributed by atoms with van der Waals surface area (Å²) in [5, 5.41) is 17.7. The number of hydrogen-bond acceptors (Lipinski definition) is 10. The Hall–Kier alpha value is -5.19. The minimum atomic E-state index is -0.658. The van der Waals surface area contributed by atoms with Gasteiger partial charge in [-0.25, -0.2) is 23.4 Å². The second kappa shape index (κ2) is 10.7. The zero-order valence-corrected chi connectivity index (χ0v) is 23.1. The number of amides is 1. The van der Waals surface area contributed by atoms with Gasteiger partial charge in [-0.05, 0) is 18.1 Å². The number of aromatic nitrogens is 7. The average molecular weight is 571 g/mol. The van der Waals surface area contributed by atoms with Crippen molar-refractivity contribution in [1.29, 1.82) is 5.26 Å². The van der Waals surface area contributed by atoms with Gasteiger partial charge in [0.05, 0.1) is 42.4 Å². The van der Waals surface area contributed by atoms with Gasteiger partial charge in [0, 0.05) is 31.9 Å². The predicted octanol–water partition coefficient (Wildman–Crippen LogP) is 2.21. The number of carbonyl (C=O) groups excluding carboxylic acids is 1. The fraction of sp³-hybridized carbons (Fsp3) is 0.357. The largest absolute Gasteiger partial charge is 0.489 e. The van der Waals surface area contributed by atoms with Crippen molar-refractivity contribution in [3.05, 3.63) is 59.2 Å². The van der Waals surface area contributed by atoms with Crippen LogP contribution >= 0.6 is 0 Å². The lowest BCUT2D eigenvalue weighted by atomic mass is 10.1. The number of halogens is 1. The summed E-state index contributed by atoms with van der Waals surface area (Å²) in [6, 6.07) is 4.61. The molecular weight excluding hydrogens is 543 g/mol. The van der Waals surface area contributed by atoms with E-state index in [0.29, 0.717) is 29.4 Å². The first-order chi connectivity index (χ1) is 20.3. The van der Waals surface area contributed by atoms with Crippen LogP contribution in [0.1, 0.15) is 31.9 Å². The fourth-order valence-electron chi connectivity index (χ4n) is 5.53. The van der Waals surface area contributed by atoms with Gasteiger partial charge in [-0.15, -0.1) is 5.10 Å². The van der Waals surface area contributed by atoms with Gasteiger partial charge in [0.15, 0.2) is 11.5 Å². The molecule has 0 saturated carbocycles. The van der Waals surface area contributed by atoms with Gasteiger partial charge in [-0.3, -0.25) is 9.78 Å². The molecule has 1 atom stereocenters. The summed E-state index contributed by atoms with van der Waals surface area (Å²) in [5.41, 5.74) is 0.761. The number of nitriles is 1. The lowest BCUT2D eigenvalue weighted by molar-refractivity contribution is -0.128. The van der Waals surface area contributed by atoms with Crippen molar-refractivity contribution >= 4 is 22.8 Å². The summed E-state index contributed by atoms with van der Waals surface area (Å²) in [4.78, 5) is 43.5. The maximum absolute atomic E-state index is 15.9. The van der Waals surface area contributed by atoms with Crippen LogP contribution in [0.5, 0.6) is 5.75 Å². The van der Waals surface area contributed by atoms with E-state index >= 15 is 4.39 Å². The van der Waals surface area contributed by atoms with Crippen LogP contribution in [0.15, 0.2) is 42.0 Å². The molecule has 4 aromatic rings. The number of ether oxygens (including phenoxy) is 1. The first-order valence-electron chi connectivity index (χ1n) is 13.5. The van der Waals surface area contributed by atoms with Crippen molar-refractivity contribution in [1.82, 2.24) is 39.4 Å². The van der Waals surface area contributed by atoms with Gasteiger partial charge in [-0.1, -0.05) is 25.6 Å². The lowest BCUT2D eigenvalue weighted by Crippen LogP contribution is -2.55. The number of hydrogen-bond donors (Lipinski definition) is 0. The molecule has 0 spiro atoms. The Morgan fingerprint density at radius 2 is 2.14 bits per heavy atom. The molecular formula is C28H27FN10O3. The fourth-order valence-corrected chi connectivity index (χ4v) is 5.53. The van der Waals surface area contributed by atoms with Crippen LogP contribution in [-0.2, 0) is 11.3 Å². The van der Waals surface area contributed by atoms with E-state index in [9.17, 15) is 14.9 Å². The normalized spacial score (nSPS) is 16.4. The van der Waals surface area contributed by atoms with Crippen LogP contribution in [0.25, 0.3) is 28.1 Å². The number of piperazine rings is 1. The standard InChI is InChI=1S/C28H27FN10O3/c1-4-22(40)37-10-9-36(15-17(37)5-7-30)26-18-13-19(29)24-20-14-32-35-38(20)11-12-42-21-6-8-31-23(16(2)3)25(21)39(27(18)33-24)28(41)34-26/h4,6,8,13-14,16-17H,1,5,9-12,15H2,2-3H3. The number of pyridine rings is 2. The third kappa shape index (κ3) is 4.43. The molecule has 1 fully saturated rings. The van der Waals surface area contributed by atoms with Crippen LogP contribution in [0.3, 0.4) is 0 Å². The summed E-state index contributed by atoms with van der Waals surface area (Å²) in [6.45, 7) is 8.65. The first kappa shape index (κ1) is 27.0. The summed E-state index contributed by atoms with van der Waals surface area (Å²) in [5.74, 6) is -0.437. The Kier molecular flexibility index (Phi) is 6.85. The Bertz CT molecular complexity index is 1830. The number of anilines is 1. The highest BCUT2D eigenvalue weighted by Gasteiger charge is 2.33. The van der Waals surface area contributed by atoms with Crippen molar-refractivity contribution in [2.75, 3.05) is 31.1 Å². The molecule has 14 heteroatoms. The third-order valence-electron chi connectivity index (χ3n) is 7.48. The highest BCUT2D eigenvalue weighted by molar-refractivity contribution is 5.91. The van der Waals surface area contributed by atoms with Gasteiger partial charge in [-0.2, -0.15) is 10.2 Å². The molecule has 0 aliphatic carbocycles. The maximum Gasteiger partial charge on any atom is 0.356 e. The van der Waals surface area contributed by atoms with E-state index in [2.05, 4.69) is 32.9 Å². The Balaban J connectivity index is 1.63. The minimum absolute atomic E-state index is 0.0278. The molecule has 6 rings (SSSR count). The van der Waals surface area contributed by atoms with Crippen LogP contribution in [0, 0.1) is 17.1 Å². The molecule has 2 bridgehead atoms. The van der Waals surface area contributed by atoms with E-state index in [1.807, 2.05) is 13.8 Å². The summed E-state index contributed by atoms with van der Waals surface area (Å²) in [6.07, 6.45) is 4.30. The highest BCUT2D eigenvalue weighted by atomic mass is 19.1. The van der Waals surface area contributed by atoms with Gasteiger partial charge in [0.2, 0.25) is 5.91 Å². The topological polar surface area (TPSA) is 148 Å². The SMILES string of the molecule is C=CC(=O)N1CCN(c2nc(=O)n3c4nc(c(F)cc24)-c2cnnn2CCOc2ccnc(C(C)C)c2-3)CC1CC#N. The highest BCUT2D eigenvalue weighted by Crippen LogP contribution is 2.35. The quantitative estimate of drug-likeness (QED) is 0.334. The molecule has 0 aromatic carbocycles. The monoisotopic (exact) mass is 570 g/mol. The molecule has 214 valence electrons. The molecule has 4 aromatic heterocycles. The molecule has 0 N–H and O–H groups in total. The summed E-state index contributed by atoms with van der Waals surface area (Å²) < 4.78 is 24.9. The minimum Gasteiger partial charge on any atom is -0.489 e. The Labute approximate surface area is 239 Å². The van der Waals surface area contributed by atoms with Crippen molar-refractivity contribution in [2.45, 2.75) is 38.8 Å². The van der Waals surface area contributed by atoms with Crippen LogP contribution in [0.2, 0.25) is 0 Å². The number of rotatable bonds is 4. The number of carbonyl (C=O) groups is 1. The van der Waals surface area contributed by atoms with Gasteiger partial charge in [0.25, 0.3) is 0 Å². The second-order valence-electron chi connectivity index (χ2n) is 10.3. The zero-order chi connectivity index (χ0) is 29.5. The number of nitrogens with zero attached hydrogens (tertiary/aromatic N) is 10. The van der Waals surface area contributed by atoms with E-state index < -0.39 is 17.5 Å². The number of fused-ring (bicyclic) bond motifs is 5. The molecule has 1 unspecified atom stereocenters. The van der Waals surface area contributed by atoms with Crippen LogP contribution < -0.4 is 15.3 Å². The van der Waals surface area contributed by atoms with E-state index in [1.165, 1.54) is 27.6 Å². The van der Waals surface area contributed by atoms with Gasteiger partial charge in [0.1, 0.15) is 35.2 Å².